The van der Waals surface area contributed by atoms with E-state index < -0.39 is 17.2 Å². The quantitative estimate of drug-likeness (QED) is 0.460. The lowest BCUT2D eigenvalue weighted by atomic mass is 10.1. The van der Waals surface area contributed by atoms with Gasteiger partial charge >= 0.3 is 17.5 Å². The number of benzene rings is 2. The number of rotatable bonds is 7. The SMILES string of the molecule is CCc1ccc(CNC(=O)c2nc(-c3nn(-c4ccccc4)c(=O)n(CC)c3=O)no2)cc1. The number of carbonyl (C=O) groups excluding carboxylic acids is 1. The van der Waals surface area contributed by atoms with Crippen molar-refractivity contribution < 1.29 is 9.32 Å². The average molecular weight is 446 g/mol. The molecule has 1 N–H and O–H groups in total. The molecular formula is C23H22N6O4. The molecule has 2 aromatic carbocycles. The molecule has 0 aliphatic carbocycles. The highest BCUT2D eigenvalue weighted by atomic mass is 16.5. The zero-order chi connectivity index (χ0) is 23.4. The van der Waals surface area contributed by atoms with Gasteiger partial charge in [0.1, 0.15) is 0 Å². The van der Waals surface area contributed by atoms with E-state index in [0.29, 0.717) is 5.69 Å². The first kappa shape index (κ1) is 21.9. The number of hydrogen-bond acceptors (Lipinski definition) is 7. The predicted octanol–water partition coefficient (Wildman–Crippen LogP) is 1.96. The molecule has 33 heavy (non-hydrogen) atoms. The second kappa shape index (κ2) is 9.43. The first-order valence-corrected chi connectivity index (χ1v) is 10.5. The van der Waals surface area contributed by atoms with Crippen molar-refractivity contribution >= 4 is 5.91 Å². The van der Waals surface area contributed by atoms with Crippen LogP contribution in [0.4, 0.5) is 0 Å². The minimum Gasteiger partial charge on any atom is -0.344 e. The zero-order valence-corrected chi connectivity index (χ0v) is 18.2. The van der Waals surface area contributed by atoms with E-state index in [-0.39, 0.29) is 30.5 Å². The Morgan fingerprint density at radius 1 is 1.00 bits per heavy atom. The van der Waals surface area contributed by atoms with Crippen LogP contribution >= 0.6 is 0 Å². The zero-order valence-electron chi connectivity index (χ0n) is 18.2. The van der Waals surface area contributed by atoms with Crippen LogP contribution < -0.4 is 16.6 Å². The molecule has 10 nitrogen and oxygen atoms in total. The van der Waals surface area contributed by atoms with Crippen LogP contribution in [0.1, 0.15) is 35.7 Å². The smallest absolute Gasteiger partial charge is 0.344 e. The standard InChI is InChI=1S/C23H22N6O4/c1-3-15-10-12-16(13-11-15)14-24-20(30)21-25-19(27-33-21)18-22(31)28(4-2)23(32)29(26-18)17-8-6-5-7-9-17/h5-13H,3-4,14H2,1-2H3,(H,24,30). The van der Waals surface area contributed by atoms with E-state index in [9.17, 15) is 14.4 Å². The van der Waals surface area contributed by atoms with Gasteiger partial charge in [-0.2, -0.15) is 14.8 Å². The van der Waals surface area contributed by atoms with Crippen LogP contribution in [0.3, 0.4) is 0 Å². The first-order valence-electron chi connectivity index (χ1n) is 10.5. The van der Waals surface area contributed by atoms with Crippen molar-refractivity contribution in [2.45, 2.75) is 33.4 Å². The van der Waals surface area contributed by atoms with Crippen molar-refractivity contribution in [3.8, 4) is 17.2 Å². The third-order valence-electron chi connectivity index (χ3n) is 5.09. The van der Waals surface area contributed by atoms with Crippen molar-refractivity contribution in [1.29, 1.82) is 0 Å². The van der Waals surface area contributed by atoms with E-state index in [1.165, 1.54) is 5.56 Å². The fourth-order valence-electron chi connectivity index (χ4n) is 3.23. The number of nitrogens with one attached hydrogen (secondary N) is 1. The van der Waals surface area contributed by atoms with Crippen molar-refractivity contribution in [3.05, 3.63) is 92.5 Å². The van der Waals surface area contributed by atoms with E-state index in [2.05, 4.69) is 27.5 Å². The monoisotopic (exact) mass is 446 g/mol. The Morgan fingerprint density at radius 3 is 2.36 bits per heavy atom. The Kier molecular flexibility index (Phi) is 6.25. The Hall–Kier alpha value is -4.34. The van der Waals surface area contributed by atoms with Crippen LogP contribution in [0, 0.1) is 0 Å². The molecular weight excluding hydrogens is 424 g/mol. The average Bonchev–Trinajstić information content (AvgIpc) is 3.34. The summed E-state index contributed by atoms with van der Waals surface area (Å²) in [5.41, 5.74) is 1.14. The second-order valence-electron chi connectivity index (χ2n) is 7.20. The lowest BCUT2D eigenvalue weighted by Gasteiger charge is -2.09. The summed E-state index contributed by atoms with van der Waals surface area (Å²) < 4.78 is 7.17. The summed E-state index contributed by atoms with van der Waals surface area (Å²) >= 11 is 0. The summed E-state index contributed by atoms with van der Waals surface area (Å²) in [7, 11) is 0. The molecule has 4 rings (SSSR count). The number of hydrogen-bond donors (Lipinski definition) is 1. The minimum atomic E-state index is -0.668. The minimum absolute atomic E-state index is 0.127. The number of carbonyl (C=O) groups is 1. The fourth-order valence-corrected chi connectivity index (χ4v) is 3.23. The molecule has 168 valence electrons. The van der Waals surface area contributed by atoms with Gasteiger partial charge in [0.05, 0.1) is 5.69 Å². The van der Waals surface area contributed by atoms with Crippen LogP contribution in [0.2, 0.25) is 0 Å². The van der Waals surface area contributed by atoms with Gasteiger partial charge in [-0.25, -0.2) is 4.79 Å². The topological polar surface area (TPSA) is 125 Å². The molecule has 0 saturated heterocycles. The van der Waals surface area contributed by atoms with E-state index >= 15 is 0 Å². The van der Waals surface area contributed by atoms with Crippen LogP contribution in [0.25, 0.3) is 17.2 Å². The largest absolute Gasteiger partial charge is 0.352 e. The molecule has 1 amide bonds. The van der Waals surface area contributed by atoms with Gasteiger partial charge in [0.15, 0.2) is 5.69 Å². The van der Waals surface area contributed by atoms with Gasteiger partial charge in [-0.1, -0.05) is 54.5 Å². The van der Waals surface area contributed by atoms with Gasteiger partial charge in [0.25, 0.3) is 5.56 Å². The molecule has 0 aliphatic rings. The number of aromatic nitrogens is 5. The van der Waals surface area contributed by atoms with Crippen molar-refractivity contribution in [2.24, 2.45) is 0 Å². The maximum absolute atomic E-state index is 12.8. The van der Waals surface area contributed by atoms with Gasteiger partial charge in [0, 0.05) is 13.1 Å². The van der Waals surface area contributed by atoms with Crippen molar-refractivity contribution in [2.75, 3.05) is 0 Å². The van der Waals surface area contributed by atoms with Gasteiger partial charge < -0.3 is 9.84 Å². The molecule has 2 aromatic heterocycles. The van der Waals surface area contributed by atoms with Crippen molar-refractivity contribution in [3.63, 3.8) is 0 Å². The number of aryl methyl sites for hydroxylation is 1. The van der Waals surface area contributed by atoms with Crippen LogP contribution in [-0.2, 0) is 19.5 Å². The molecule has 4 aromatic rings. The molecule has 2 heterocycles. The van der Waals surface area contributed by atoms with Crippen LogP contribution in [0.15, 0.2) is 68.7 Å². The Morgan fingerprint density at radius 2 is 1.70 bits per heavy atom. The Labute approximate surface area is 188 Å². The summed E-state index contributed by atoms with van der Waals surface area (Å²) in [4.78, 5) is 42.0. The highest BCUT2D eigenvalue weighted by Crippen LogP contribution is 2.10. The number of para-hydroxylation sites is 1. The Bertz CT molecular complexity index is 1390. The predicted molar refractivity (Wildman–Crippen MR) is 120 cm³/mol. The van der Waals surface area contributed by atoms with Gasteiger partial charge in [-0.05, 0) is 36.6 Å². The van der Waals surface area contributed by atoms with Gasteiger partial charge in [-0.15, -0.1) is 0 Å². The highest BCUT2D eigenvalue weighted by molar-refractivity contribution is 5.89. The molecule has 0 fully saturated rings. The molecule has 0 unspecified atom stereocenters. The van der Waals surface area contributed by atoms with Crippen LogP contribution in [0.5, 0.6) is 0 Å². The first-order chi connectivity index (χ1) is 16.0. The second-order valence-corrected chi connectivity index (χ2v) is 7.20. The van der Waals surface area contributed by atoms with Crippen molar-refractivity contribution in [1.82, 2.24) is 29.8 Å². The third kappa shape index (κ3) is 4.49. The Balaban J connectivity index is 1.61. The lowest BCUT2D eigenvalue weighted by Crippen LogP contribution is -2.41. The summed E-state index contributed by atoms with van der Waals surface area (Å²) in [6.07, 6.45) is 0.933. The lowest BCUT2D eigenvalue weighted by molar-refractivity contribution is 0.0907. The van der Waals surface area contributed by atoms with E-state index in [0.717, 1.165) is 21.2 Å². The maximum atomic E-state index is 12.8. The van der Waals surface area contributed by atoms with Crippen LogP contribution in [-0.4, -0.2) is 30.4 Å². The third-order valence-corrected chi connectivity index (χ3v) is 5.09. The number of nitrogens with zero attached hydrogens (tertiary/aromatic N) is 5. The molecule has 10 heteroatoms. The number of amides is 1. The molecule has 0 saturated carbocycles. The van der Waals surface area contributed by atoms with Gasteiger partial charge in [-0.3, -0.25) is 14.2 Å². The molecule has 0 aliphatic heterocycles. The maximum Gasteiger partial charge on any atom is 0.352 e. The van der Waals surface area contributed by atoms with Gasteiger partial charge in [0.2, 0.25) is 5.82 Å². The molecule has 0 radical (unpaired) electrons. The molecule has 0 bridgehead atoms. The molecule has 0 atom stereocenters. The van der Waals surface area contributed by atoms with E-state index in [1.54, 1.807) is 37.3 Å². The highest BCUT2D eigenvalue weighted by Gasteiger charge is 2.22. The van der Waals surface area contributed by atoms with E-state index in [4.69, 9.17) is 4.52 Å². The fraction of sp³-hybridized carbons (Fsp3) is 0.217. The summed E-state index contributed by atoms with van der Waals surface area (Å²) in [6, 6.07) is 16.5. The summed E-state index contributed by atoms with van der Waals surface area (Å²) in [5.74, 6) is -1.07. The summed E-state index contributed by atoms with van der Waals surface area (Å²) in [6.45, 7) is 4.15. The summed E-state index contributed by atoms with van der Waals surface area (Å²) in [5, 5.41) is 10.6. The molecule has 0 spiro atoms. The normalized spacial score (nSPS) is 10.8. The van der Waals surface area contributed by atoms with E-state index in [1.807, 2.05) is 24.3 Å².